The molecule has 130 valence electrons. The van der Waals surface area contributed by atoms with E-state index in [9.17, 15) is 9.90 Å². The largest absolute Gasteiger partial charge is 0.507 e. The van der Waals surface area contributed by atoms with Crippen LogP contribution in [0.4, 0.5) is 0 Å². The Balaban J connectivity index is 3.25. The number of hydrogen-bond donors (Lipinski definition) is 1. The van der Waals surface area contributed by atoms with Crippen molar-refractivity contribution in [1.29, 1.82) is 0 Å². The maximum atomic E-state index is 12.4. The standard InChI is InChI=1S/C19H30O3S/c1-12(2)23-11-22-17(21)13-9-14(18(3,4)5)16(20)15(10-13)19(6,7)8/h9-10,12,20H,11H2,1-8H3. The van der Waals surface area contributed by atoms with Gasteiger partial charge in [-0.3, -0.25) is 0 Å². The summed E-state index contributed by atoms with van der Waals surface area (Å²) in [6, 6.07) is 3.51. The van der Waals surface area contributed by atoms with Crippen molar-refractivity contribution in [2.24, 2.45) is 0 Å². The first-order valence-corrected chi connectivity index (χ1v) is 9.05. The first-order chi connectivity index (χ1) is 10.3. The number of benzene rings is 1. The highest BCUT2D eigenvalue weighted by molar-refractivity contribution is 7.99. The lowest BCUT2D eigenvalue weighted by Crippen LogP contribution is -2.19. The Morgan fingerprint density at radius 1 is 1.09 bits per heavy atom. The van der Waals surface area contributed by atoms with Gasteiger partial charge in [0, 0.05) is 16.4 Å². The fourth-order valence-corrected chi connectivity index (χ4v) is 2.65. The highest BCUT2D eigenvalue weighted by atomic mass is 32.2. The van der Waals surface area contributed by atoms with Crippen LogP contribution in [0.2, 0.25) is 0 Å². The average molecular weight is 339 g/mol. The van der Waals surface area contributed by atoms with E-state index in [4.69, 9.17) is 4.74 Å². The zero-order valence-corrected chi connectivity index (χ0v) is 16.4. The van der Waals surface area contributed by atoms with Crippen molar-refractivity contribution in [3.8, 4) is 5.75 Å². The number of carbonyl (C=O) groups is 1. The molecule has 0 heterocycles. The van der Waals surface area contributed by atoms with Gasteiger partial charge in [0.2, 0.25) is 0 Å². The number of carbonyl (C=O) groups excluding carboxylic acids is 1. The first-order valence-electron chi connectivity index (χ1n) is 8.00. The minimum absolute atomic E-state index is 0.257. The molecule has 0 fully saturated rings. The number of thioether (sulfide) groups is 1. The van der Waals surface area contributed by atoms with E-state index in [0.717, 1.165) is 11.1 Å². The van der Waals surface area contributed by atoms with Gasteiger partial charge in [0.25, 0.3) is 0 Å². The number of hydrogen-bond acceptors (Lipinski definition) is 4. The van der Waals surface area contributed by atoms with Crippen LogP contribution in [0.1, 0.15) is 76.9 Å². The molecule has 0 saturated carbocycles. The average Bonchev–Trinajstić information content (AvgIpc) is 2.35. The summed E-state index contributed by atoms with van der Waals surface area (Å²) in [6.07, 6.45) is 0. The third-order valence-electron chi connectivity index (χ3n) is 3.55. The zero-order chi connectivity index (χ0) is 18.0. The Bertz CT molecular complexity index is 528. The second-order valence-corrected chi connectivity index (χ2v) is 9.70. The van der Waals surface area contributed by atoms with Gasteiger partial charge >= 0.3 is 5.97 Å². The van der Waals surface area contributed by atoms with E-state index in [1.54, 1.807) is 23.9 Å². The van der Waals surface area contributed by atoms with E-state index in [1.165, 1.54) is 0 Å². The molecule has 0 unspecified atom stereocenters. The Morgan fingerprint density at radius 2 is 1.52 bits per heavy atom. The van der Waals surface area contributed by atoms with Gasteiger partial charge < -0.3 is 9.84 Å². The van der Waals surface area contributed by atoms with E-state index in [1.807, 2.05) is 41.5 Å². The van der Waals surface area contributed by atoms with E-state index < -0.39 is 0 Å². The summed E-state index contributed by atoms with van der Waals surface area (Å²) in [5, 5.41) is 11.1. The van der Waals surface area contributed by atoms with Gasteiger partial charge in [0.15, 0.2) is 0 Å². The van der Waals surface area contributed by atoms with Crippen LogP contribution in [0.3, 0.4) is 0 Å². The van der Waals surface area contributed by atoms with Crippen LogP contribution in [-0.2, 0) is 15.6 Å². The number of aromatic hydroxyl groups is 1. The molecule has 4 heteroatoms. The second-order valence-electron chi connectivity index (χ2n) is 8.19. The third kappa shape index (κ3) is 5.45. The molecule has 0 bridgehead atoms. The summed E-state index contributed by atoms with van der Waals surface area (Å²) in [4.78, 5) is 12.4. The van der Waals surface area contributed by atoms with Crippen LogP contribution in [0.5, 0.6) is 5.75 Å². The second kappa shape index (κ2) is 7.16. The maximum absolute atomic E-state index is 12.4. The summed E-state index contributed by atoms with van der Waals surface area (Å²) in [6.45, 7) is 16.3. The van der Waals surface area contributed by atoms with Gasteiger partial charge in [0.05, 0.1) is 5.56 Å². The summed E-state index contributed by atoms with van der Waals surface area (Å²) >= 11 is 1.58. The van der Waals surface area contributed by atoms with Crippen molar-refractivity contribution in [3.05, 3.63) is 28.8 Å². The molecule has 0 aromatic heterocycles. The fraction of sp³-hybridized carbons (Fsp3) is 0.632. The minimum Gasteiger partial charge on any atom is -0.507 e. The van der Waals surface area contributed by atoms with Crippen LogP contribution in [0.25, 0.3) is 0 Å². The van der Waals surface area contributed by atoms with Crippen molar-refractivity contribution >= 4 is 17.7 Å². The minimum atomic E-state index is -0.339. The van der Waals surface area contributed by atoms with Crippen molar-refractivity contribution < 1.29 is 14.6 Å². The third-order valence-corrected chi connectivity index (χ3v) is 4.47. The van der Waals surface area contributed by atoms with Crippen LogP contribution in [0, 0.1) is 0 Å². The number of rotatable bonds is 4. The number of phenols is 1. The Labute approximate surface area is 144 Å². The van der Waals surface area contributed by atoms with E-state index in [2.05, 4.69) is 13.8 Å². The number of ether oxygens (including phenoxy) is 1. The molecule has 0 saturated heterocycles. The molecule has 1 aromatic rings. The molecule has 0 radical (unpaired) electrons. The molecule has 1 rings (SSSR count). The summed E-state index contributed by atoms with van der Waals surface area (Å²) < 4.78 is 5.36. The lowest BCUT2D eigenvalue weighted by Gasteiger charge is -2.28. The predicted molar refractivity (Wildman–Crippen MR) is 98.5 cm³/mol. The normalized spacial score (nSPS) is 12.6. The molecule has 1 aromatic carbocycles. The SMILES string of the molecule is CC(C)SCOC(=O)c1cc(C(C)(C)C)c(O)c(C(C)(C)C)c1. The summed E-state index contributed by atoms with van der Waals surface area (Å²) in [7, 11) is 0. The van der Waals surface area contributed by atoms with Crippen LogP contribution < -0.4 is 0 Å². The van der Waals surface area contributed by atoms with Gasteiger partial charge in [-0.25, -0.2) is 4.79 Å². The molecule has 3 nitrogen and oxygen atoms in total. The highest BCUT2D eigenvalue weighted by Crippen LogP contribution is 2.39. The predicted octanol–water partition coefficient (Wildman–Crippen LogP) is 5.24. The molecule has 0 aliphatic rings. The van der Waals surface area contributed by atoms with Crippen molar-refractivity contribution in [1.82, 2.24) is 0 Å². The van der Waals surface area contributed by atoms with Gasteiger partial charge in [0.1, 0.15) is 11.7 Å². The molecule has 0 aliphatic carbocycles. The van der Waals surface area contributed by atoms with Crippen molar-refractivity contribution in [2.45, 2.75) is 71.5 Å². The Morgan fingerprint density at radius 3 is 1.87 bits per heavy atom. The van der Waals surface area contributed by atoms with Crippen LogP contribution >= 0.6 is 11.8 Å². The topological polar surface area (TPSA) is 46.5 Å². The number of esters is 1. The molecule has 0 amide bonds. The monoisotopic (exact) mass is 338 g/mol. The summed E-state index contributed by atoms with van der Waals surface area (Å²) in [5.74, 6) is 0.278. The number of phenolic OH excluding ortho intramolecular Hbond substituents is 1. The quantitative estimate of drug-likeness (QED) is 0.602. The lowest BCUT2D eigenvalue weighted by atomic mass is 9.78. The summed E-state index contributed by atoms with van der Waals surface area (Å²) in [5.41, 5.74) is 1.53. The highest BCUT2D eigenvalue weighted by Gasteiger charge is 2.28. The lowest BCUT2D eigenvalue weighted by molar-refractivity contribution is 0.0578. The molecule has 0 spiro atoms. The van der Waals surface area contributed by atoms with E-state index in [-0.39, 0.29) is 22.5 Å². The smallest absolute Gasteiger partial charge is 0.338 e. The molecule has 0 aliphatic heterocycles. The van der Waals surface area contributed by atoms with Gasteiger partial charge in [-0.05, 0) is 23.0 Å². The van der Waals surface area contributed by atoms with E-state index >= 15 is 0 Å². The van der Waals surface area contributed by atoms with Crippen molar-refractivity contribution in [2.75, 3.05) is 5.94 Å². The first kappa shape index (κ1) is 19.9. The molecular weight excluding hydrogens is 308 g/mol. The van der Waals surface area contributed by atoms with Crippen molar-refractivity contribution in [3.63, 3.8) is 0 Å². The Kier molecular flexibility index (Phi) is 6.19. The van der Waals surface area contributed by atoms with Crippen LogP contribution in [-0.4, -0.2) is 22.3 Å². The van der Waals surface area contributed by atoms with Gasteiger partial charge in [-0.1, -0.05) is 55.4 Å². The van der Waals surface area contributed by atoms with Gasteiger partial charge in [-0.2, -0.15) is 0 Å². The van der Waals surface area contributed by atoms with Gasteiger partial charge in [-0.15, -0.1) is 11.8 Å². The molecular formula is C19H30O3S. The molecule has 1 N–H and O–H groups in total. The zero-order valence-electron chi connectivity index (χ0n) is 15.6. The molecule has 0 atom stereocenters. The maximum Gasteiger partial charge on any atom is 0.338 e. The molecule has 23 heavy (non-hydrogen) atoms. The fourth-order valence-electron chi connectivity index (χ4n) is 2.20. The Hall–Kier alpha value is -1.16. The van der Waals surface area contributed by atoms with E-state index in [0.29, 0.717) is 16.8 Å². The van der Waals surface area contributed by atoms with Crippen LogP contribution in [0.15, 0.2) is 12.1 Å².